The minimum Gasteiger partial charge on any atom is -0.497 e. The number of fused-ring (bicyclic) bond motifs is 1. The van der Waals surface area contributed by atoms with Crippen LogP contribution in [0.3, 0.4) is 0 Å². The zero-order valence-electron chi connectivity index (χ0n) is 13.1. The third kappa shape index (κ3) is 3.53. The monoisotopic (exact) mass is 316 g/mol. The molecule has 0 saturated carbocycles. The summed E-state index contributed by atoms with van der Waals surface area (Å²) in [6, 6.07) is 7.34. The minimum absolute atomic E-state index is 0.0959. The quantitative estimate of drug-likeness (QED) is 0.873. The van der Waals surface area contributed by atoms with E-state index in [1.54, 1.807) is 13.2 Å². The van der Waals surface area contributed by atoms with Crippen molar-refractivity contribution in [1.29, 1.82) is 0 Å². The van der Waals surface area contributed by atoms with Crippen LogP contribution in [-0.2, 0) is 16.0 Å². The van der Waals surface area contributed by atoms with Gasteiger partial charge in [0, 0.05) is 29.6 Å². The Morgan fingerprint density at radius 1 is 1.43 bits per heavy atom. The third-order valence-corrected chi connectivity index (χ3v) is 4.04. The average molecular weight is 316 g/mol. The molecule has 23 heavy (non-hydrogen) atoms. The number of methoxy groups -OCH3 is 1. The molecule has 1 unspecified atom stereocenters. The Labute approximate surface area is 133 Å². The van der Waals surface area contributed by atoms with Crippen molar-refractivity contribution in [2.75, 3.05) is 20.3 Å². The number of amides is 1. The molecular formula is C17H20N2O4. The topological polar surface area (TPSA) is 80.4 Å². The largest absolute Gasteiger partial charge is 0.497 e. The Hall–Kier alpha value is -2.34. The highest BCUT2D eigenvalue weighted by Gasteiger charge is 2.22. The third-order valence-electron chi connectivity index (χ3n) is 4.04. The Morgan fingerprint density at radius 2 is 2.30 bits per heavy atom. The number of nitrogens with one attached hydrogen (secondary N) is 2. The summed E-state index contributed by atoms with van der Waals surface area (Å²) < 4.78 is 10.5. The summed E-state index contributed by atoms with van der Waals surface area (Å²) in [6.45, 7) is 1.06. The summed E-state index contributed by atoms with van der Waals surface area (Å²) in [5.41, 5.74) is 1.27. The first-order chi connectivity index (χ1) is 11.2. The number of pyridine rings is 1. The molecule has 1 fully saturated rings. The molecule has 122 valence electrons. The number of rotatable bonds is 5. The fourth-order valence-corrected chi connectivity index (χ4v) is 2.76. The molecule has 1 aromatic heterocycles. The second-order valence-electron chi connectivity index (χ2n) is 5.62. The summed E-state index contributed by atoms with van der Waals surface area (Å²) in [5, 5.41) is 3.74. The summed E-state index contributed by atoms with van der Waals surface area (Å²) in [7, 11) is 1.61. The standard InChI is InChI=1S/C17H20N2O4/c1-22-13-4-5-14-12(10-13)9-11(16(20)19-14)6-7-18-17(21)15-3-2-8-23-15/h4-5,9-10,15H,2-3,6-8H2,1H3,(H,18,21)(H,19,20). The van der Waals surface area contributed by atoms with Gasteiger partial charge in [-0.15, -0.1) is 0 Å². The van der Waals surface area contributed by atoms with Crippen LogP contribution in [0.4, 0.5) is 0 Å². The van der Waals surface area contributed by atoms with Crippen LogP contribution in [0.1, 0.15) is 18.4 Å². The second kappa shape index (κ2) is 6.83. The van der Waals surface area contributed by atoms with E-state index in [0.717, 1.165) is 29.5 Å². The van der Waals surface area contributed by atoms with E-state index in [9.17, 15) is 9.59 Å². The molecule has 2 N–H and O–H groups in total. The number of benzene rings is 1. The molecule has 1 saturated heterocycles. The normalized spacial score (nSPS) is 17.3. The van der Waals surface area contributed by atoms with Crippen LogP contribution in [-0.4, -0.2) is 37.3 Å². The minimum atomic E-state index is -0.339. The highest BCUT2D eigenvalue weighted by molar-refractivity contribution is 5.81. The van der Waals surface area contributed by atoms with E-state index in [1.807, 2.05) is 18.2 Å². The molecule has 2 heterocycles. The summed E-state index contributed by atoms with van der Waals surface area (Å²) in [5.74, 6) is 0.642. The van der Waals surface area contributed by atoms with Gasteiger partial charge in [-0.25, -0.2) is 0 Å². The van der Waals surface area contributed by atoms with Gasteiger partial charge >= 0.3 is 0 Å². The zero-order valence-corrected chi connectivity index (χ0v) is 13.1. The molecule has 1 aromatic carbocycles. The molecule has 3 rings (SSSR count). The van der Waals surface area contributed by atoms with Crippen molar-refractivity contribution in [1.82, 2.24) is 10.3 Å². The summed E-state index contributed by atoms with van der Waals surface area (Å²) in [4.78, 5) is 26.8. The number of aromatic nitrogens is 1. The lowest BCUT2D eigenvalue weighted by atomic mass is 10.1. The van der Waals surface area contributed by atoms with E-state index in [2.05, 4.69) is 10.3 Å². The molecule has 0 bridgehead atoms. The number of carbonyl (C=O) groups excluding carboxylic acids is 1. The molecule has 1 amide bonds. The first kappa shape index (κ1) is 15.6. The Bertz CT molecular complexity index is 763. The molecule has 1 aliphatic heterocycles. The Kier molecular flexibility index (Phi) is 4.62. The maximum atomic E-state index is 12.1. The van der Waals surface area contributed by atoms with E-state index >= 15 is 0 Å². The first-order valence-electron chi connectivity index (χ1n) is 7.76. The molecule has 1 atom stereocenters. The first-order valence-corrected chi connectivity index (χ1v) is 7.76. The Balaban J connectivity index is 1.68. The van der Waals surface area contributed by atoms with Crippen LogP contribution in [0.2, 0.25) is 0 Å². The number of hydrogen-bond acceptors (Lipinski definition) is 4. The zero-order chi connectivity index (χ0) is 16.2. The van der Waals surface area contributed by atoms with E-state index < -0.39 is 0 Å². The fraction of sp³-hybridized carbons (Fsp3) is 0.412. The highest BCUT2D eigenvalue weighted by Crippen LogP contribution is 2.18. The molecule has 1 aliphatic rings. The molecule has 0 aliphatic carbocycles. The van der Waals surface area contributed by atoms with Crippen molar-refractivity contribution in [2.45, 2.75) is 25.4 Å². The average Bonchev–Trinajstić information content (AvgIpc) is 3.09. The van der Waals surface area contributed by atoms with Crippen LogP contribution in [0, 0.1) is 0 Å². The molecule has 6 heteroatoms. The maximum Gasteiger partial charge on any atom is 0.251 e. The van der Waals surface area contributed by atoms with Crippen LogP contribution >= 0.6 is 0 Å². The molecular weight excluding hydrogens is 296 g/mol. The maximum absolute atomic E-state index is 12.1. The van der Waals surface area contributed by atoms with Crippen molar-refractivity contribution >= 4 is 16.8 Å². The number of H-pyrrole nitrogens is 1. The van der Waals surface area contributed by atoms with Crippen LogP contribution in [0.25, 0.3) is 10.9 Å². The fourth-order valence-electron chi connectivity index (χ4n) is 2.76. The predicted octanol–water partition coefficient (Wildman–Crippen LogP) is 1.37. The van der Waals surface area contributed by atoms with Gasteiger partial charge in [-0.05, 0) is 43.5 Å². The van der Waals surface area contributed by atoms with Gasteiger partial charge in [0.25, 0.3) is 5.56 Å². The van der Waals surface area contributed by atoms with E-state index in [4.69, 9.17) is 9.47 Å². The van der Waals surface area contributed by atoms with Gasteiger partial charge in [-0.2, -0.15) is 0 Å². The van der Waals surface area contributed by atoms with E-state index in [0.29, 0.717) is 25.1 Å². The Morgan fingerprint density at radius 3 is 3.04 bits per heavy atom. The highest BCUT2D eigenvalue weighted by atomic mass is 16.5. The van der Waals surface area contributed by atoms with Gasteiger partial charge < -0.3 is 19.8 Å². The lowest BCUT2D eigenvalue weighted by molar-refractivity contribution is -0.129. The van der Waals surface area contributed by atoms with Crippen molar-refractivity contribution in [3.63, 3.8) is 0 Å². The van der Waals surface area contributed by atoms with Gasteiger partial charge in [-0.3, -0.25) is 9.59 Å². The van der Waals surface area contributed by atoms with Crippen molar-refractivity contribution in [3.8, 4) is 5.75 Å². The van der Waals surface area contributed by atoms with Crippen molar-refractivity contribution in [2.24, 2.45) is 0 Å². The van der Waals surface area contributed by atoms with Gasteiger partial charge in [0.05, 0.1) is 7.11 Å². The van der Waals surface area contributed by atoms with Crippen molar-refractivity contribution < 1.29 is 14.3 Å². The predicted molar refractivity (Wildman–Crippen MR) is 86.8 cm³/mol. The molecule has 2 aromatic rings. The van der Waals surface area contributed by atoms with E-state index in [1.165, 1.54) is 0 Å². The molecule has 0 radical (unpaired) electrons. The SMILES string of the molecule is COc1ccc2[nH]c(=O)c(CCNC(=O)C3CCCO3)cc2c1. The van der Waals surface area contributed by atoms with Crippen molar-refractivity contribution in [3.05, 3.63) is 40.2 Å². The second-order valence-corrected chi connectivity index (χ2v) is 5.62. The molecule has 6 nitrogen and oxygen atoms in total. The number of hydrogen-bond donors (Lipinski definition) is 2. The van der Waals surface area contributed by atoms with Crippen LogP contribution < -0.4 is 15.6 Å². The number of ether oxygens (including phenoxy) is 2. The summed E-state index contributed by atoms with van der Waals surface area (Å²) >= 11 is 0. The molecule has 0 spiro atoms. The lowest BCUT2D eigenvalue weighted by Crippen LogP contribution is -2.35. The smallest absolute Gasteiger partial charge is 0.251 e. The van der Waals surface area contributed by atoms with Crippen LogP contribution in [0.5, 0.6) is 5.75 Å². The van der Waals surface area contributed by atoms with Gasteiger partial charge in [0.15, 0.2) is 0 Å². The number of carbonyl (C=O) groups is 1. The van der Waals surface area contributed by atoms with E-state index in [-0.39, 0.29) is 17.6 Å². The van der Waals surface area contributed by atoms with Gasteiger partial charge in [0.1, 0.15) is 11.9 Å². The lowest BCUT2D eigenvalue weighted by Gasteiger charge is -2.10. The van der Waals surface area contributed by atoms with Crippen LogP contribution in [0.15, 0.2) is 29.1 Å². The van der Waals surface area contributed by atoms with Gasteiger partial charge in [0.2, 0.25) is 5.91 Å². The van der Waals surface area contributed by atoms with Gasteiger partial charge in [-0.1, -0.05) is 0 Å². The number of aromatic amines is 1. The summed E-state index contributed by atoms with van der Waals surface area (Å²) in [6.07, 6.45) is 1.82.